The largest absolute Gasteiger partial charge is 0.298 e. The van der Waals surface area contributed by atoms with E-state index in [1.807, 2.05) is 6.07 Å². The van der Waals surface area contributed by atoms with Gasteiger partial charge in [0.2, 0.25) is 0 Å². The number of nitrogens with zero attached hydrogens (tertiary/aromatic N) is 2. The van der Waals surface area contributed by atoms with E-state index in [0.717, 1.165) is 11.8 Å². The molecular formula is C9H8N2O. The summed E-state index contributed by atoms with van der Waals surface area (Å²) in [5.74, 6) is 0. The van der Waals surface area contributed by atoms with Gasteiger partial charge in [0.25, 0.3) is 0 Å². The molecule has 1 aromatic heterocycles. The maximum absolute atomic E-state index is 10.5. The van der Waals surface area contributed by atoms with Crippen LogP contribution in [0.25, 0.3) is 0 Å². The minimum Gasteiger partial charge on any atom is -0.298 e. The first-order chi connectivity index (χ1) is 5.69. The third-order valence-corrected chi connectivity index (χ3v) is 1.69. The highest BCUT2D eigenvalue weighted by Crippen LogP contribution is 2.09. The van der Waals surface area contributed by atoms with Crippen molar-refractivity contribution in [1.29, 1.82) is 5.26 Å². The lowest BCUT2D eigenvalue weighted by Gasteiger charge is -2.01. The van der Waals surface area contributed by atoms with E-state index >= 15 is 0 Å². The van der Waals surface area contributed by atoms with Crippen molar-refractivity contribution in [3.63, 3.8) is 0 Å². The molecule has 0 fully saturated rings. The van der Waals surface area contributed by atoms with Gasteiger partial charge in [-0.25, -0.2) is 4.98 Å². The summed E-state index contributed by atoms with van der Waals surface area (Å²) in [4.78, 5) is 14.5. The van der Waals surface area contributed by atoms with Gasteiger partial charge in [-0.3, -0.25) is 4.79 Å². The maximum Gasteiger partial charge on any atom is 0.152 e. The molecule has 0 N–H and O–H groups in total. The Hall–Kier alpha value is -1.69. The number of pyridine rings is 1. The number of aryl methyl sites for hydroxylation is 2. The van der Waals surface area contributed by atoms with Gasteiger partial charge in [-0.15, -0.1) is 0 Å². The highest BCUT2D eigenvalue weighted by molar-refractivity contribution is 5.78. The van der Waals surface area contributed by atoms with Crippen molar-refractivity contribution in [2.24, 2.45) is 0 Å². The van der Waals surface area contributed by atoms with Crippen LogP contribution in [0.1, 0.15) is 27.3 Å². The van der Waals surface area contributed by atoms with E-state index in [1.165, 1.54) is 0 Å². The van der Waals surface area contributed by atoms with E-state index in [2.05, 4.69) is 4.98 Å². The van der Waals surface area contributed by atoms with Gasteiger partial charge >= 0.3 is 0 Å². The van der Waals surface area contributed by atoms with Crippen molar-refractivity contribution in [3.05, 3.63) is 28.6 Å². The van der Waals surface area contributed by atoms with Crippen LogP contribution in [-0.2, 0) is 0 Å². The fourth-order valence-corrected chi connectivity index (χ4v) is 1.08. The number of carbonyl (C=O) groups excluding carboxylic acids is 1. The molecule has 1 rings (SSSR count). The average Bonchev–Trinajstić information content (AvgIpc) is 2.03. The third-order valence-electron chi connectivity index (χ3n) is 1.69. The smallest absolute Gasteiger partial charge is 0.152 e. The van der Waals surface area contributed by atoms with E-state index in [0.29, 0.717) is 17.0 Å². The second kappa shape index (κ2) is 3.14. The first kappa shape index (κ1) is 8.41. The molecule has 0 spiro atoms. The second-order valence-electron chi connectivity index (χ2n) is 2.55. The Balaban J connectivity index is 3.39. The van der Waals surface area contributed by atoms with Crippen molar-refractivity contribution in [1.82, 2.24) is 4.98 Å². The lowest BCUT2D eigenvalue weighted by atomic mass is 10.1. The Morgan fingerprint density at radius 2 is 2.25 bits per heavy atom. The average molecular weight is 160 g/mol. The van der Waals surface area contributed by atoms with Crippen molar-refractivity contribution < 1.29 is 4.79 Å². The molecule has 1 heterocycles. The van der Waals surface area contributed by atoms with Crippen LogP contribution in [0.2, 0.25) is 0 Å². The van der Waals surface area contributed by atoms with Crippen LogP contribution < -0.4 is 0 Å². The van der Waals surface area contributed by atoms with Gasteiger partial charge in [0.1, 0.15) is 11.8 Å². The monoisotopic (exact) mass is 160 g/mol. The summed E-state index contributed by atoms with van der Waals surface area (Å²) >= 11 is 0. The van der Waals surface area contributed by atoms with Crippen molar-refractivity contribution in [3.8, 4) is 6.07 Å². The van der Waals surface area contributed by atoms with Gasteiger partial charge in [-0.05, 0) is 25.5 Å². The van der Waals surface area contributed by atoms with Gasteiger partial charge in [0.05, 0.1) is 0 Å². The number of aromatic nitrogens is 1. The van der Waals surface area contributed by atoms with Crippen LogP contribution in [0.4, 0.5) is 0 Å². The molecule has 12 heavy (non-hydrogen) atoms. The number of carbonyl (C=O) groups is 1. The van der Waals surface area contributed by atoms with Crippen molar-refractivity contribution in [2.45, 2.75) is 13.8 Å². The minimum absolute atomic E-state index is 0.357. The molecule has 0 amide bonds. The lowest BCUT2D eigenvalue weighted by molar-refractivity contribution is 0.112. The number of rotatable bonds is 1. The zero-order chi connectivity index (χ0) is 9.14. The summed E-state index contributed by atoms with van der Waals surface area (Å²) in [6.45, 7) is 3.51. The third kappa shape index (κ3) is 1.32. The Kier molecular flexibility index (Phi) is 2.20. The Morgan fingerprint density at radius 1 is 1.58 bits per heavy atom. The molecule has 3 nitrogen and oxygen atoms in total. The number of hydrogen-bond donors (Lipinski definition) is 0. The first-order valence-electron chi connectivity index (χ1n) is 3.52. The molecule has 1 aromatic rings. The predicted molar refractivity (Wildman–Crippen MR) is 43.8 cm³/mol. The number of aldehydes is 1. The van der Waals surface area contributed by atoms with E-state index in [-0.39, 0.29) is 0 Å². The Labute approximate surface area is 70.7 Å². The zero-order valence-corrected chi connectivity index (χ0v) is 6.96. The van der Waals surface area contributed by atoms with Gasteiger partial charge in [-0.2, -0.15) is 5.26 Å². The molecule has 3 heteroatoms. The first-order valence-corrected chi connectivity index (χ1v) is 3.52. The van der Waals surface area contributed by atoms with E-state index in [1.54, 1.807) is 19.9 Å². The zero-order valence-electron chi connectivity index (χ0n) is 6.96. The van der Waals surface area contributed by atoms with Crippen LogP contribution >= 0.6 is 0 Å². The molecule has 0 aromatic carbocycles. The molecule has 0 aliphatic heterocycles. The Bertz CT molecular complexity index is 340. The standard InChI is InChI=1S/C9H8N2O/c1-6-3-8(4-10)11-7(2)9(6)5-12/h3,5H,1-2H3. The van der Waals surface area contributed by atoms with E-state index in [9.17, 15) is 4.79 Å². The quantitative estimate of drug-likeness (QED) is 0.583. The van der Waals surface area contributed by atoms with Gasteiger partial charge in [0.15, 0.2) is 6.29 Å². The molecule has 0 saturated heterocycles. The predicted octanol–water partition coefficient (Wildman–Crippen LogP) is 1.38. The Morgan fingerprint density at radius 3 is 2.67 bits per heavy atom. The highest BCUT2D eigenvalue weighted by atomic mass is 16.1. The molecule has 0 atom stereocenters. The van der Waals surface area contributed by atoms with Crippen LogP contribution in [0.15, 0.2) is 6.07 Å². The van der Waals surface area contributed by atoms with E-state index < -0.39 is 0 Å². The van der Waals surface area contributed by atoms with Crippen molar-refractivity contribution >= 4 is 6.29 Å². The summed E-state index contributed by atoms with van der Waals surface area (Å²) in [5, 5.41) is 8.55. The number of nitriles is 1. The van der Waals surface area contributed by atoms with Crippen LogP contribution in [0, 0.1) is 25.2 Å². The SMILES string of the molecule is Cc1cc(C#N)nc(C)c1C=O. The summed E-state index contributed by atoms with van der Waals surface area (Å²) < 4.78 is 0. The molecule has 0 aliphatic carbocycles. The lowest BCUT2D eigenvalue weighted by Crippen LogP contribution is -1.97. The molecule has 0 unspecified atom stereocenters. The molecular weight excluding hydrogens is 152 g/mol. The van der Waals surface area contributed by atoms with Crippen molar-refractivity contribution in [2.75, 3.05) is 0 Å². The number of hydrogen-bond acceptors (Lipinski definition) is 3. The van der Waals surface area contributed by atoms with Crippen LogP contribution in [0.3, 0.4) is 0 Å². The molecule has 0 saturated carbocycles. The maximum atomic E-state index is 10.5. The molecule has 0 radical (unpaired) electrons. The fourth-order valence-electron chi connectivity index (χ4n) is 1.08. The highest BCUT2D eigenvalue weighted by Gasteiger charge is 2.04. The van der Waals surface area contributed by atoms with E-state index in [4.69, 9.17) is 5.26 Å². The van der Waals surface area contributed by atoms with Crippen LogP contribution in [0.5, 0.6) is 0 Å². The minimum atomic E-state index is 0.357. The summed E-state index contributed by atoms with van der Waals surface area (Å²) in [6.07, 6.45) is 0.763. The molecule has 60 valence electrons. The fraction of sp³-hybridized carbons (Fsp3) is 0.222. The molecule has 0 aliphatic rings. The topological polar surface area (TPSA) is 53.8 Å². The van der Waals surface area contributed by atoms with Gasteiger partial charge in [-0.1, -0.05) is 0 Å². The normalized spacial score (nSPS) is 9.08. The van der Waals surface area contributed by atoms with Gasteiger partial charge < -0.3 is 0 Å². The molecule has 0 bridgehead atoms. The van der Waals surface area contributed by atoms with Gasteiger partial charge in [0, 0.05) is 11.3 Å². The summed E-state index contributed by atoms with van der Waals surface area (Å²) in [5.41, 5.74) is 2.35. The van der Waals surface area contributed by atoms with Crippen LogP contribution in [-0.4, -0.2) is 11.3 Å². The second-order valence-corrected chi connectivity index (χ2v) is 2.55. The summed E-state index contributed by atoms with van der Waals surface area (Å²) in [7, 11) is 0. The summed E-state index contributed by atoms with van der Waals surface area (Å²) in [6, 6.07) is 3.54.